The molecule has 1 unspecified atom stereocenters. The summed E-state index contributed by atoms with van der Waals surface area (Å²) in [5.74, 6) is 1.54. The number of Topliss-reactive ketones (excluding diaryl/α,β-unsaturated/α-hetero) is 1. The van der Waals surface area contributed by atoms with Gasteiger partial charge in [-0.2, -0.15) is 0 Å². The van der Waals surface area contributed by atoms with Crippen molar-refractivity contribution in [3.05, 3.63) is 64.3 Å². The van der Waals surface area contributed by atoms with Crippen molar-refractivity contribution in [2.75, 3.05) is 6.61 Å². The molecular weight excluding hydrogens is 296 g/mol. The number of ketones is 1. The molecule has 1 heterocycles. The molecule has 2 heteroatoms. The zero-order chi connectivity index (χ0) is 17.3. The average molecular weight is 322 g/mol. The van der Waals surface area contributed by atoms with Crippen LogP contribution in [0.3, 0.4) is 0 Å². The van der Waals surface area contributed by atoms with Gasteiger partial charge in [0.25, 0.3) is 0 Å². The van der Waals surface area contributed by atoms with Gasteiger partial charge in [0.15, 0.2) is 5.78 Å². The Hall–Kier alpha value is -2.09. The molecule has 1 aromatic rings. The Labute approximate surface area is 144 Å². The van der Waals surface area contributed by atoms with Gasteiger partial charge in [0.05, 0.1) is 6.61 Å². The number of carbonyl (C=O) groups excluding carboxylic acids is 1. The van der Waals surface area contributed by atoms with Crippen LogP contribution in [0.5, 0.6) is 0 Å². The molecule has 126 valence electrons. The van der Waals surface area contributed by atoms with Gasteiger partial charge in [-0.1, -0.05) is 47.6 Å². The number of rotatable bonds is 4. The minimum absolute atomic E-state index is 0.249. The predicted octanol–water partition coefficient (Wildman–Crippen LogP) is 5.39. The van der Waals surface area contributed by atoms with Crippen molar-refractivity contribution in [2.24, 2.45) is 5.92 Å². The fourth-order valence-electron chi connectivity index (χ4n) is 3.62. The molecule has 0 amide bonds. The molecule has 0 aromatic heterocycles. The first-order chi connectivity index (χ1) is 11.5. The molecule has 0 radical (unpaired) electrons. The van der Waals surface area contributed by atoms with Crippen LogP contribution < -0.4 is 0 Å². The van der Waals surface area contributed by atoms with E-state index in [4.69, 9.17) is 4.74 Å². The SMILES string of the molecule is C=C(C)C1COC(c2ccc(C)cc2)=C1CC1=C(C)C(=O)CCC1. The van der Waals surface area contributed by atoms with E-state index in [0.29, 0.717) is 18.8 Å². The minimum atomic E-state index is 0.249. The maximum atomic E-state index is 12.1. The van der Waals surface area contributed by atoms with E-state index in [9.17, 15) is 4.79 Å². The van der Waals surface area contributed by atoms with Crippen molar-refractivity contribution in [1.29, 1.82) is 0 Å². The summed E-state index contributed by atoms with van der Waals surface area (Å²) in [6.07, 6.45) is 3.51. The lowest BCUT2D eigenvalue weighted by Gasteiger charge is -2.20. The molecule has 24 heavy (non-hydrogen) atoms. The van der Waals surface area contributed by atoms with Crippen LogP contribution >= 0.6 is 0 Å². The largest absolute Gasteiger partial charge is 0.492 e. The maximum absolute atomic E-state index is 12.1. The third kappa shape index (κ3) is 3.24. The zero-order valence-corrected chi connectivity index (χ0v) is 14.9. The second-order valence-electron chi connectivity index (χ2n) is 7.11. The molecule has 0 bridgehead atoms. The maximum Gasteiger partial charge on any atom is 0.158 e. The monoisotopic (exact) mass is 322 g/mol. The summed E-state index contributed by atoms with van der Waals surface area (Å²) in [5.41, 5.74) is 7.03. The van der Waals surface area contributed by atoms with E-state index in [1.807, 2.05) is 6.92 Å². The highest BCUT2D eigenvalue weighted by molar-refractivity contribution is 5.96. The Morgan fingerprint density at radius 3 is 2.58 bits per heavy atom. The summed E-state index contributed by atoms with van der Waals surface area (Å²) in [6.45, 7) is 11.0. The third-order valence-corrected chi connectivity index (χ3v) is 5.25. The number of ether oxygens (including phenoxy) is 1. The van der Waals surface area contributed by atoms with Crippen LogP contribution in [-0.2, 0) is 9.53 Å². The Bertz CT molecular complexity index is 732. The third-order valence-electron chi connectivity index (χ3n) is 5.25. The molecule has 1 atom stereocenters. The summed E-state index contributed by atoms with van der Waals surface area (Å²) in [5, 5.41) is 0. The van der Waals surface area contributed by atoms with Gasteiger partial charge in [0, 0.05) is 17.9 Å². The highest BCUT2D eigenvalue weighted by Crippen LogP contribution is 2.41. The van der Waals surface area contributed by atoms with Crippen LogP contribution in [0.4, 0.5) is 0 Å². The van der Waals surface area contributed by atoms with E-state index >= 15 is 0 Å². The first-order valence-corrected chi connectivity index (χ1v) is 8.77. The quantitative estimate of drug-likeness (QED) is 0.695. The molecule has 0 fully saturated rings. The number of carbonyl (C=O) groups is 1. The Kier molecular flexibility index (Phi) is 4.75. The van der Waals surface area contributed by atoms with Gasteiger partial charge in [0.1, 0.15) is 5.76 Å². The molecule has 0 spiro atoms. The van der Waals surface area contributed by atoms with Crippen LogP contribution in [0.2, 0.25) is 0 Å². The predicted molar refractivity (Wildman–Crippen MR) is 98.5 cm³/mol. The van der Waals surface area contributed by atoms with Gasteiger partial charge in [-0.25, -0.2) is 0 Å². The average Bonchev–Trinajstić information content (AvgIpc) is 2.96. The fourth-order valence-corrected chi connectivity index (χ4v) is 3.62. The van der Waals surface area contributed by atoms with Gasteiger partial charge in [-0.05, 0) is 51.2 Å². The Morgan fingerprint density at radius 1 is 1.21 bits per heavy atom. The zero-order valence-electron chi connectivity index (χ0n) is 14.9. The molecule has 2 nitrogen and oxygen atoms in total. The topological polar surface area (TPSA) is 26.3 Å². The Balaban J connectivity index is 2.01. The standard InChI is InChI=1S/C22H26O2/c1-14(2)20-13-24-22(17-10-8-15(3)9-11-17)19(20)12-18-6-5-7-21(23)16(18)4/h8-11,20H,1,5-7,12-13H2,2-4H3. The van der Waals surface area contributed by atoms with Crippen molar-refractivity contribution < 1.29 is 9.53 Å². The summed E-state index contributed by atoms with van der Waals surface area (Å²) in [4.78, 5) is 12.1. The van der Waals surface area contributed by atoms with Crippen molar-refractivity contribution in [3.63, 3.8) is 0 Å². The lowest BCUT2D eigenvalue weighted by Crippen LogP contribution is -2.12. The van der Waals surface area contributed by atoms with Crippen LogP contribution in [-0.4, -0.2) is 12.4 Å². The normalized spacial score (nSPS) is 21.3. The molecule has 1 aliphatic heterocycles. The van der Waals surface area contributed by atoms with Crippen molar-refractivity contribution in [3.8, 4) is 0 Å². The smallest absolute Gasteiger partial charge is 0.158 e. The van der Waals surface area contributed by atoms with E-state index in [1.165, 1.54) is 16.7 Å². The first kappa shape index (κ1) is 16.8. The van der Waals surface area contributed by atoms with E-state index in [1.54, 1.807) is 0 Å². The van der Waals surface area contributed by atoms with Gasteiger partial charge < -0.3 is 4.74 Å². The van der Waals surface area contributed by atoms with Gasteiger partial charge >= 0.3 is 0 Å². The van der Waals surface area contributed by atoms with Crippen LogP contribution in [0, 0.1) is 12.8 Å². The van der Waals surface area contributed by atoms with Crippen molar-refractivity contribution in [1.82, 2.24) is 0 Å². The van der Waals surface area contributed by atoms with Gasteiger partial charge in [0.2, 0.25) is 0 Å². The first-order valence-electron chi connectivity index (χ1n) is 8.77. The van der Waals surface area contributed by atoms with Crippen LogP contribution in [0.25, 0.3) is 5.76 Å². The number of aryl methyl sites for hydroxylation is 1. The molecular formula is C22H26O2. The van der Waals surface area contributed by atoms with Gasteiger partial charge in [-0.15, -0.1) is 0 Å². The minimum Gasteiger partial charge on any atom is -0.492 e. The summed E-state index contributed by atoms with van der Waals surface area (Å²) < 4.78 is 6.08. The van der Waals surface area contributed by atoms with Crippen molar-refractivity contribution >= 4 is 11.5 Å². The highest BCUT2D eigenvalue weighted by Gasteiger charge is 2.30. The van der Waals surface area contributed by atoms with E-state index in [0.717, 1.165) is 41.7 Å². The molecule has 0 N–H and O–H groups in total. The number of hydrogen-bond acceptors (Lipinski definition) is 2. The van der Waals surface area contributed by atoms with E-state index < -0.39 is 0 Å². The van der Waals surface area contributed by atoms with E-state index in [-0.39, 0.29) is 5.92 Å². The number of allylic oxidation sites excluding steroid dienone is 2. The van der Waals surface area contributed by atoms with Gasteiger partial charge in [-0.3, -0.25) is 4.79 Å². The summed E-state index contributed by atoms with van der Waals surface area (Å²) in [7, 11) is 0. The highest BCUT2D eigenvalue weighted by atomic mass is 16.5. The Morgan fingerprint density at radius 2 is 1.92 bits per heavy atom. The number of hydrogen-bond donors (Lipinski definition) is 0. The second kappa shape index (κ2) is 6.80. The molecule has 2 aliphatic rings. The lowest BCUT2D eigenvalue weighted by molar-refractivity contribution is -0.116. The second-order valence-corrected chi connectivity index (χ2v) is 7.11. The van der Waals surface area contributed by atoms with E-state index in [2.05, 4.69) is 44.7 Å². The lowest BCUT2D eigenvalue weighted by atomic mass is 9.82. The molecule has 1 aliphatic carbocycles. The molecule has 0 saturated heterocycles. The molecule has 1 aromatic carbocycles. The number of benzene rings is 1. The van der Waals surface area contributed by atoms with Crippen molar-refractivity contribution in [2.45, 2.75) is 46.5 Å². The van der Waals surface area contributed by atoms with Crippen LogP contribution in [0.15, 0.2) is 53.1 Å². The fraction of sp³-hybridized carbons (Fsp3) is 0.409. The molecule has 3 rings (SSSR count). The summed E-state index contributed by atoms with van der Waals surface area (Å²) >= 11 is 0. The summed E-state index contributed by atoms with van der Waals surface area (Å²) in [6, 6.07) is 8.48. The molecule has 0 saturated carbocycles. The van der Waals surface area contributed by atoms with Crippen LogP contribution in [0.1, 0.15) is 50.7 Å².